The number of hydrogen-bond acceptors (Lipinski definition) is 4. The average Bonchev–Trinajstić information content (AvgIpc) is 2.97. The second-order valence-electron chi connectivity index (χ2n) is 5.33. The minimum Gasteiger partial charge on any atom is -0.477 e. The van der Waals surface area contributed by atoms with Crippen molar-refractivity contribution in [3.63, 3.8) is 0 Å². The number of carboxylic acids is 1. The van der Waals surface area contributed by atoms with E-state index in [0.717, 1.165) is 36.2 Å². The number of pyridine rings is 1. The van der Waals surface area contributed by atoms with Crippen LogP contribution in [-0.4, -0.2) is 25.8 Å². The lowest BCUT2D eigenvalue weighted by Crippen LogP contribution is -2.05. The summed E-state index contributed by atoms with van der Waals surface area (Å²) in [7, 11) is 1.82. The fourth-order valence-corrected chi connectivity index (χ4v) is 2.68. The van der Waals surface area contributed by atoms with Gasteiger partial charge in [-0.25, -0.2) is 9.78 Å². The maximum absolute atomic E-state index is 11.4. The average molecular weight is 287 g/mol. The van der Waals surface area contributed by atoms with Crippen LogP contribution in [0.25, 0.3) is 0 Å². The molecule has 2 aromatic heterocycles. The van der Waals surface area contributed by atoms with E-state index < -0.39 is 5.97 Å². The largest absolute Gasteiger partial charge is 0.477 e. The molecule has 0 atom stereocenters. The van der Waals surface area contributed by atoms with Crippen LogP contribution in [0.15, 0.2) is 6.07 Å². The van der Waals surface area contributed by atoms with Crippen molar-refractivity contribution < 1.29 is 14.6 Å². The van der Waals surface area contributed by atoms with E-state index in [0.29, 0.717) is 11.4 Å². The van der Waals surface area contributed by atoms with Gasteiger partial charge in [-0.1, -0.05) is 0 Å². The van der Waals surface area contributed by atoms with Gasteiger partial charge in [-0.2, -0.15) is 5.10 Å². The summed E-state index contributed by atoms with van der Waals surface area (Å²) in [5.41, 5.74) is 3.62. The molecule has 2 aromatic rings. The van der Waals surface area contributed by atoms with Crippen LogP contribution in [0, 0.1) is 13.8 Å². The van der Waals surface area contributed by atoms with E-state index in [-0.39, 0.29) is 11.4 Å². The lowest BCUT2D eigenvalue weighted by atomic mass is 10.1. The monoisotopic (exact) mass is 287 g/mol. The molecule has 0 aromatic carbocycles. The molecule has 0 saturated carbocycles. The van der Waals surface area contributed by atoms with Gasteiger partial charge in [0.1, 0.15) is 11.3 Å². The molecule has 0 spiro atoms. The van der Waals surface area contributed by atoms with E-state index in [2.05, 4.69) is 10.1 Å². The summed E-state index contributed by atoms with van der Waals surface area (Å²) < 4.78 is 7.51. The fraction of sp³-hybridized carbons (Fsp3) is 0.400. The molecule has 1 aliphatic carbocycles. The first-order valence-corrected chi connectivity index (χ1v) is 6.91. The number of aromatic carboxylic acids is 1. The quantitative estimate of drug-likeness (QED) is 0.938. The van der Waals surface area contributed by atoms with Gasteiger partial charge in [0.05, 0.1) is 5.69 Å². The van der Waals surface area contributed by atoms with E-state index in [4.69, 9.17) is 4.74 Å². The number of hydrogen-bond donors (Lipinski definition) is 1. The van der Waals surface area contributed by atoms with E-state index in [1.165, 1.54) is 0 Å². The summed E-state index contributed by atoms with van der Waals surface area (Å²) in [5, 5.41) is 13.6. The molecule has 0 bridgehead atoms. The highest BCUT2D eigenvalue weighted by Crippen LogP contribution is 2.32. The Balaban J connectivity index is 2.07. The number of nitrogens with zero attached hydrogens (tertiary/aromatic N) is 3. The smallest absolute Gasteiger partial charge is 0.341 e. The van der Waals surface area contributed by atoms with E-state index in [9.17, 15) is 9.90 Å². The lowest BCUT2D eigenvalue weighted by molar-refractivity contribution is 0.0693. The fourth-order valence-electron chi connectivity index (χ4n) is 2.68. The SMILES string of the molecule is Cc1nn(C)c(C)c1Oc1nc2c(cc1C(=O)O)CCC2. The van der Waals surface area contributed by atoms with Crippen molar-refractivity contribution in [2.75, 3.05) is 0 Å². The summed E-state index contributed by atoms with van der Waals surface area (Å²) in [4.78, 5) is 15.9. The summed E-state index contributed by atoms with van der Waals surface area (Å²) in [6.07, 6.45) is 2.76. The van der Waals surface area contributed by atoms with Crippen LogP contribution in [0.1, 0.15) is 39.4 Å². The molecule has 0 saturated heterocycles. The van der Waals surface area contributed by atoms with E-state index in [1.54, 1.807) is 10.7 Å². The molecular formula is C15H17N3O3. The number of ether oxygens (including phenoxy) is 1. The standard InChI is InChI=1S/C15H17N3O3/c1-8-13(9(2)18(3)17-8)21-14-11(15(19)20)7-10-5-4-6-12(10)16-14/h7H,4-6H2,1-3H3,(H,19,20). The van der Waals surface area contributed by atoms with Gasteiger partial charge in [-0.15, -0.1) is 0 Å². The predicted octanol–water partition coefficient (Wildman–Crippen LogP) is 2.41. The second kappa shape index (κ2) is 4.87. The van der Waals surface area contributed by atoms with E-state index >= 15 is 0 Å². The summed E-state index contributed by atoms with van der Waals surface area (Å²) >= 11 is 0. The molecule has 6 heteroatoms. The Morgan fingerprint density at radius 3 is 2.76 bits per heavy atom. The summed E-state index contributed by atoms with van der Waals surface area (Å²) in [6, 6.07) is 1.69. The highest BCUT2D eigenvalue weighted by molar-refractivity contribution is 5.90. The Morgan fingerprint density at radius 1 is 1.38 bits per heavy atom. The molecular weight excluding hydrogens is 270 g/mol. The van der Waals surface area contributed by atoms with Crippen LogP contribution in [0.4, 0.5) is 0 Å². The molecule has 0 radical (unpaired) electrons. The van der Waals surface area contributed by atoms with Gasteiger partial charge in [0, 0.05) is 12.7 Å². The molecule has 110 valence electrons. The molecule has 6 nitrogen and oxygen atoms in total. The van der Waals surface area contributed by atoms with Crippen molar-refractivity contribution in [2.24, 2.45) is 7.05 Å². The molecule has 0 fully saturated rings. The lowest BCUT2D eigenvalue weighted by Gasteiger charge is -2.10. The van der Waals surface area contributed by atoms with Crippen molar-refractivity contribution in [1.82, 2.24) is 14.8 Å². The van der Waals surface area contributed by atoms with Gasteiger partial charge in [-0.05, 0) is 44.7 Å². The van der Waals surface area contributed by atoms with Crippen molar-refractivity contribution >= 4 is 5.97 Å². The number of rotatable bonds is 3. The molecule has 2 heterocycles. The van der Waals surface area contributed by atoms with Crippen LogP contribution >= 0.6 is 0 Å². The Kier molecular flexibility index (Phi) is 3.16. The molecule has 0 amide bonds. The van der Waals surface area contributed by atoms with Crippen molar-refractivity contribution in [1.29, 1.82) is 0 Å². The van der Waals surface area contributed by atoms with Gasteiger partial charge >= 0.3 is 5.97 Å². The van der Waals surface area contributed by atoms with Gasteiger partial charge in [0.15, 0.2) is 5.75 Å². The minimum atomic E-state index is -1.02. The zero-order valence-electron chi connectivity index (χ0n) is 12.3. The Labute approximate surface area is 122 Å². The van der Waals surface area contributed by atoms with Gasteiger partial charge in [-0.3, -0.25) is 4.68 Å². The van der Waals surface area contributed by atoms with Crippen molar-refractivity contribution in [3.8, 4) is 11.6 Å². The third-order valence-electron chi connectivity index (χ3n) is 3.89. The van der Waals surface area contributed by atoms with Crippen LogP contribution < -0.4 is 4.74 Å². The molecule has 3 rings (SSSR count). The Hall–Kier alpha value is -2.37. The van der Waals surface area contributed by atoms with Crippen molar-refractivity contribution in [3.05, 3.63) is 34.3 Å². The van der Waals surface area contributed by atoms with Crippen LogP contribution in [0.2, 0.25) is 0 Å². The first-order chi connectivity index (χ1) is 9.97. The normalized spacial score (nSPS) is 13.3. The van der Waals surface area contributed by atoms with Gasteiger partial charge in [0.2, 0.25) is 5.88 Å². The number of carbonyl (C=O) groups is 1. The van der Waals surface area contributed by atoms with Gasteiger partial charge in [0.25, 0.3) is 0 Å². The van der Waals surface area contributed by atoms with Crippen LogP contribution in [0.5, 0.6) is 11.6 Å². The summed E-state index contributed by atoms with van der Waals surface area (Å²) in [5.74, 6) is -0.292. The number of aromatic nitrogens is 3. The first-order valence-electron chi connectivity index (χ1n) is 6.91. The third-order valence-corrected chi connectivity index (χ3v) is 3.89. The number of aryl methyl sites for hydroxylation is 4. The number of fused-ring (bicyclic) bond motifs is 1. The van der Waals surface area contributed by atoms with E-state index in [1.807, 2.05) is 20.9 Å². The second-order valence-corrected chi connectivity index (χ2v) is 5.33. The molecule has 0 unspecified atom stereocenters. The summed E-state index contributed by atoms with van der Waals surface area (Å²) in [6.45, 7) is 3.71. The molecule has 21 heavy (non-hydrogen) atoms. The van der Waals surface area contributed by atoms with Crippen LogP contribution in [0.3, 0.4) is 0 Å². The Morgan fingerprint density at radius 2 is 2.14 bits per heavy atom. The molecule has 1 N–H and O–H groups in total. The van der Waals surface area contributed by atoms with Gasteiger partial charge < -0.3 is 9.84 Å². The zero-order valence-corrected chi connectivity index (χ0v) is 12.3. The molecule has 0 aliphatic heterocycles. The van der Waals surface area contributed by atoms with Crippen molar-refractivity contribution in [2.45, 2.75) is 33.1 Å². The minimum absolute atomic E-state index is 0.110. The maximum Gasteiger partial charge on any atom is 0.341 e. The zero-order chi connectivity index (χ0) is 15.1. The third kappa shape index (κ3) is 2.26. The maximum atomic E-state index is 11.4. The topological polar surface area (TPSA) is 77.2 Å². The van der Waals surface area contributed by atoms with Crippen LogP contribution in [-0.2, 0) is 19.9 Å². The molecule has 1 aliphatic rings. The predicted molar refractivity (Wildman–Crippen MR) is 76.0 cm³/mol. The highest BCUT2D eigenvalue weighted by atomic mass is 16.5. The highest BCUT2D eigenvalue weighted by Gasteiger charge is 2.23. The number of carboxylic acid groups (broad SMARTS) is 1. The Bertz CT molecular complexity index is 734. The first kappa shape index (κ1) is 13.6.